The Morgan fingerprint density at radius 1 is 1.06 bits per heavy atom. The molecule has 0 aromatic heterocycles. The largest absolute Gasteiger partial charge is 0.508 e. The number of thiocarbonyl (C=S) groups is 1. The first-order valence-corrected chi connectivity index (χ1v) is 11.5. The summed E-state index contributed by atoms with van der Waals surface area (Å²) in [6, 6.07) is 7.71. The summed E-state index contributed by atoms with van der Waals surface area (Å²) in [5, 5.41) is 16.5. The highest BCUT2D eigenvalue weighted by molar-refractivity contribution is 7.80. The Bertz CT molecular complexity index is 1120. The van der Waals surface area contributed by atoms with E-state index in [-0.39, 0.29) is 22.5 Å². The fraction of sp³-hybridized carbons (Fsp3) is 0.462. The first-order chi connectivity index (χ1) is 14.9. The second kappa shape index (κ2) is 7.77. The van der Waals surface area contributed by atoms with Gasteiger partial charge in [0, 0.05) is 18.1 Å². The van der Waals surface area contributed by atoms with Gasteiger partial charge in [0.25, 0.3) is 0 Å². The number of nitrogens with one attached hydrogen (secondary N) is 2. The van der Waals surface area contributed by atoms with Crippen molar-refractivity contribution in [3.8, 4) is 22.6 Å². The van der Waals surface area contributed by atoms with E-state index in [2.05, 4.69) is 57.4 Å². The van der Waals surface area contributed by atoms with E-state index < -0.39 is 6.04 Å². The zero-order chi connectivity index (χ0) is 23.4. The molecule has 1 heterocycles. The molecule has 1 aliphatic heterocycles. The smallest absolute Gasteiger partial charge is 0.249 e. The minimum Gasteiger partial charge on any atom is -0.508 e. The molecule has 1 fully saturated rings. The van der Waals surface area contributed by atoms with Crippen molar-refractivity contribution in [2.24, 2.45) is 0 Å². The van der Waals surface area contributed by atoms with Crippen molar-refractivity contribution in [1.29, 1.82) is 0 Å². The highest BCUT2D eigenvalue weighted by Gasteiger charge is 2.37. The zero-order valence-electron chi connectivity index (χ0n) is 19.7. The van der Waals surface area contributed by atoms with Gasteiger partial charge in [0.2, 0.25) is 5.91 Å². The van der Waals surface area contributed by atoms with Crippen molar-refractivity contribution in [3.05, 3.63) is 46.5 Å². The van der Waals surface area contributed by atoms with Gasteiger partial charge < -0.3 is 20.5 Å². The third kappa shape index (κ3) is 3.85. The molecule has 0 bridgehead atoms. The predicted molar refractivity (Wildman–Crippen MR) is 131 cm³/mol. The summed E-state index contributed by atoms with van der Waals surface area (Å²) in [4.78, 5) is 12.2. The number of methoxy groups -OCH3 is 1. The second-order valence-corrected chi connectivity index (χ2v) is 10.8. The standard InChI is InChI=1S/C26H32N2O3S/c1-14-9-18-19(26(4,5)8-7-25(18,2)3)12-16(14)17-10-15(21(29)13-22(17)31-6)11-20-23(30)28-24(32)27-20/h9-10,12-13,20,29H,7-8,11H2,1-6H3,(H2,27,28,30,32). The third-order valence-electron chi connectivity index (χ3n) is 7.17. The quantitative estimate of drug-likeness (QED) is 0.590. The van der Waals surface area contributed by atoms with Crippen molar-refractivity contribution in [3.63, 3.8) is 0 Å². The lowest BCUT2D eigenvalue weighted by atomic mass is 9.62. The van der Waals surface area contributed by atoms with E-state index in [0.717, 1.165) is 24.0 Å². The van der Waals surface area contributed by atoms with Crippen molar-refractivity contribution < 1.29 is 14.6 Å². The molecule has 1 amide bonds. The van der Waals surface area contributed by atoms with Crippen LogP contribution in [0.25, 0.3) is 11.1 Å². The number of phenolic OH excluding ortho intramolecular Hbond substituents is 1. The van der Waals surface area contributed by atoms with Gasteiger partial charge in [0.05, 0.1) is 7.11 Å². The molecule has 5 nitrogen and oxygen atoms in total. The van der Waals surface area contributed by atoms with Crippen LogP contribution in [0.15, 0.2) is 24.3 Å². The molecule has 1 saturated heterocycles. The Hall–Kier alpha value is -2.60. The zero-order valence-corrected chi connectivity index (χ0v) is 20.5. The van der Waals surface area contributed by atoms with Gasteiger partial charge in [-0.1, -0.05) is 33.8 Å². The predicted octanol–water partition coefficient (Wildman–Crippen LogP) is 4.64. The maximum Gasteiger partial charge on any atom is 0.249 e. The van der Waals surface area contributed by atoms with Gasteiger partial charge in [-0.15, -0.1) is 0 Å². The summed E-state index contributed by atoms with van der Waals surface area (Å²) in [7, 11) is 1.61. The first kappa shape index (κ1) is 22.6. The van der Waals surface area contributed by atoms with E-state index in [1.807, 2.05) is 6.07 Å². The Kier molecular flexibility index (Phi) is 5.48. The lowest BCUT2D eigenvalue weighted by Crippen LogP contribution is -2.34. The highest BCUT2D eigenvalue weighted by atomic mass is 32.1. The third-order valence-corrected chi connectivity index (χ3v) is 7.39. The number of benzene rings is 2. The lowest BCUT2D eigenvalue weighted by molar-refractivity contribution is -0.120. The van der Waals surface area contributed by atoms with E-state index >= 15 is 0 Å². The molecule has 6 heteroatoms. The van der Waals surface area contributed by atoms with Gasteiger partial charge >= 0.3 is 0 Å². The summed E-state index contributed by atoms with van der Waals surface area (Å²) in [5.74, 6) is 0.539. The van der Waals surface area contributed by atoms with Crippen LogP contribution in [0.4, 0.5) is 0 Å². The van der Waals surface area contributed by atoms with Crippen molar-refractivity contribution in [2.45, 2.75) is 70.8 Å². The fourth-order valence-corrected chi connectivity index (χ4v) is 5.23. The number of ether oxygens (including phenoxy) is 1. The Labute approximate surface area is 195 Å². The summed E-state index contributed by atoms with van der Waals surface area (Å²) in [5.41, 5.74) is 6.85. The summed E-state index contributed by atoms with van der Waals surface area (Å²) in [6.45, 7) is 11.4. The molecule has 3 N–H and O–H groups in total. The Balaban J connectivity index is 1.84. The number of hydrogen-bond acceptors (Lipinski definition) is 4. The number of fused-ring (bicyclic) bond motifs is 1. The van der Waals surface area contributed by atoms with Crippen LogP contribution >= 0.6 is 12.2 Å². The Morgan fingerprint density at radius 2 is 1.69 bits per heavy atom. The Morgan fingerprint density at radius 3 is 2.25 bits per heavy atom. The van der Waals surface area contributed by atoms with Gasteiger partial charge in [0.15, 0.2) is 5.11 Å². The molecule has 32 heavy (non-hydrogen) atoms. The van der Waals surface area contributed by atoms with Crippen LogP contribution in [0.3, 0.4) is 0 Å². The molecule has 1 unspecified atom stereocenters. The van der Waals surface area contributed by atoms with Gasteiger partial charge in [-0.3, -0.25) is 4.79 Å². The molecule has 170 valence electrons. The number of carbonyl (C=O) groups excluding carboxylic acids is 1. The van der Waals surface area contributed by atoms with Crippen LogP contribution in [0.5, 0.6) is 11.5 Å². The normalized spacial score (nSPS) is 21.0. The maximum absolute atomic E-state index is 12.2. The van der Waals surface area contributed by atoms with Gasteiger partial charge in [-0.25, -0.2) is 0 Å². The van der Waals surface area contributed by atoms with Gasteiger partial charge in [0.1, 0.15) is 17.5 Å². The number of phenols is 1. The van der Waals surface area contributed by atoms with Crippen LogP contribution in [-0.4, -0.2) is 29.3 Å². The van der Waals surface area contributed by atoms with Crippen LogP contribution in [0.2, 0.25) is 0 Å². The number of carbonyl (C=O) groups is 1. The molecule has 2 aromatic rings. The summed E-state index contributed by atoms with van der Waals surface area (Å²) >= 11 is 5.05. The van der Waals surface area contributed by atoms with E-state index in [1.54, 1.807) is 13.2 Å². The maximum atomic E-state index is 12.2. The minimum absolute atomic E-state index is 0.0852. The number of aromatic hydroxyl groups is 1. The molecule has 0 spiro atoms. The average Bonchev–Trinajstić information content (AvgIpc) is 3.03. The summed E-state index contributed by atoms with van der Waals surface area (Å²) < 4.78 is 5.66. The van der Waals surface area contributed by atoms with Crippen LogP contribution in [-0.2, 0) is 22.0 Å². The van der Waals surface area contributed by atoms with Gasteiger partial charge in [-0.2, -0.15) is 0 Å². The number of rotatable bonds is 4. The van der Waals surface area contributed by atoms with E-state index in [1.165, 1.54) is 16.7 Å². The molecule has 2 aliphatic rings. The number of hydrogen-bond donors (Lipinski definition) is 3. The SMILES string of the molecule is COc1cc(O)c(CC2NC(=S)NC2=O)cc1-c1cc2c(cc1C)C(C)(C)CCC2(C)C. The molecule has 0 radical (unpaired) electrons. The topological polar surface area (TPSA) is 70.6 Å². The molecular weight excluding hydrogens is 420 g/mol. The summed E-state index contributed by atoms with van der Waals surface area (Å²) in [6.07, 6.45) is 2.63. The second-order valence-electron chi connectivity index (χ2n) is 10.4. The molecule has 4 rings (SSSR count). The van der Waals surface area contributed by atoms with E-state index in [9.17, 15) is 9.90 Å². The molecule has 2 aromatic carbocycles. The lowest BCUT2D eigenvalue weighted by Gasteiger charge is -2.42. The molecular formula is C26H32N2O3S. The minimum atomic E-state index is -0.501. The van der Waals surface area contributed by atoms with E-state index in [4.69, 9.17) is 17.0 Å². The fourth-order valence-electron chi connectivity index (χ4n) is 4.99. The highest BCUT2D eigenvalue weighted by Crippen LogP contribution is 2.48. The number of aryl methyl sites for hydroxylation is 1. The van der Waals surface area contributed by atoms with Gasteiger partial charge in [-0.05, 0) is 82.8 Å². The van der Waals surface area contributed by atoms with E-state index in [0.29, 0.717) is 22.8 Å². The number of amides is 1. The van der Waals surface area contributed by atoms with Crippen LogP contribution in [0, 0.1) is 6.92 Å². The average molecular weight is 453 g/mol. The van der Waals surface area contributed by atoms with Crippen LogP contribution in [0.1, 0.15) is 62.8 Å². The molecule has 0 saturated carbocycles. The first-order valence-electron chi connectivity index (χ1n) is 11.1. The van der Waals surface area contributed by atoms with Crippen LogP contribution < -0.4 is 15.4 Å². The van der Waals surface area contributed by atoms with Crippen molar-refractivity contribution >= 4 is 23.2 Å². The monoisotopic (exact) mass is 452 g/mol. The molecule has 1 atom stereocenters. The molecule has 1 aliphatic carbocycles. The van der Waals surface area contributed by atoms with Crippen molar-refractivity contribution in [1.82, 2.24) is 10.6 Å². The van der Waals surface area contributed by atoms with Crippen molar-refractivity contribution in [2.75, 3.05) is 7.11 Å².